The monoisotopic (exact) mass is 248 g/mol. The van der Waals surface area contributed by atoms with Gasteiger partial charge in [-0.1, -0.05) is 28.1 Å². The second kappa shape index (κ2) is 9.78. The molecule has 3 heteroatoms. The maximum atomic E-state index is 10.4. The summed E-state index contributed by atoms with van der Waals surface area (Å²) in [7, 11) is 0. The zero-order valence-electron chi connectivity index (χ0n) is 8.09. The van der Waals surface area contributed by atoms with Crippen LogP contribution in [0, 0.1) is 0 Å². The molecule has 13 heavy (non-hydrogen) atoms. The topological polar surface area (TPSA) is 26.3 Å². The number of rotatable bonds is 7. The highest BCUT2D eigenvalue weighted by atomic mass is 79.9. The highest BCUT2D eigenvalue weighted by molar-refractivity contribution is 9.09. The van der Waals surface area contributed by atoms with Crippen LogP contribution in [-0.2, 0) is 9.53 Å². The molecule has 0 rings (SSSR count). The first-order valence-corrected chi connectivity index (χ1v) is 5.74. The number of allylic oxidation sites excluding steroid dienone is 2. The van der Waals surface area contributed by atoms with Crippen LogP contribution in [0.2, 0.25) is 0 Å². The van der Waals surface area contributed by atoms with Crippen LogP contribution in [0.1, 0.15) is 32.6 Å². The minimum atomic E-state index is -0.185. The molecule has 0 saturated carbocycles. The van der Waals surface area contributed by atoms with Gasteiger partial charge in [-0.15, -0.1) is 0 Å². The SMILES string of the molecule is CC(=O)OCCCC/C=C\CCBr. The summed E-state index contributed by atoms with van der Waals surface area (Å²) in [5, 5.41) is 1.02. The Morgan fingerprint density at radius 3 is 2.62 bits per heavy atom. The van der Waals surface area contributed by atoms with Gasteiger partial charge in [-0.3, -0.25) is 4.79 Å². The van der Waals surface area contributed by atoms with Crippen molar-refractivity contribution in [2.75, 3.05) is 11.9 Å². The first-order valence-electron chi connectivity index (χ1n) is 4.61. The molecule has 0 fully saturated rings. The van der Waals surface area contributed by atoms with Crippen molar-refractivity contribution in [3.63, 3.8) is 0 Å². The standard InChI is InChI=1S/C10H17BrO2/c1-10(12)13-9-7-5-3-2-4-6-8-11/h2,4H,3,5-9H2,1H3/b4-2-. The van der Waals surface area contributed by atoms with E-state index in [-0.39, 0.29) is 5.97 Å². The molecule has 0 bridgehead atoms. The van der Waals surface area contributed by atoms with E-state index >= 15 is 0 Å². The Balaban J connectivity index is 3.03. The number of esters is 1. The quantitative estimate of drug-likeness (QED) is 0.300. The summed E-state index contributed by atoms with van der Waals surface area (Å²) in [5.74, 6) is -0.185. The smallest absolute Gasteiger partial charge is 0.302 e. The number of unbranched alkanes of at least 4 members (excludes halogenated alkanes) is 2. The van der Waals surface area contributed by atoms with Gasteiger partial charge < -0.3 is 4.74 Å². The first kappa shape index (κ1) is 12.7. The minimum Gasteiger partial charge on any atom is -0.466 e. The molecule has 0 aliphatic carbocycles. The summed E-state index contributed by atoms with van der Waals surface area (Å²) in [6, 6.07) is 0. The Hall–Kier alpha value is -0.310. The van der Waals surface area contributed by atoms with Gasteiger partial charge in [-0.25, -0.2) is 0 Å². The van der Waals surface area contributed by atoms with Crippen molar-refractivity contribution in [3.05, 3.63) is 12.2 Å². The molecule has 2 nitrogen and oxygen atoms in total. The van der Waals surface area contributed by atoms with Gasteiger partial charge in [0.1, 0.15) is 0 Å². The molecule has 0 aromatic carbocycles. The second-order valence-electron chi connectivity index (χ2n) is 2.78. The van der Waals surface area contributed by atoms with Gasteiger partial charge in [-0.2, -0.15) is 0 Å². The molecule has 0 aromatic heterocycles. The Morgan fingerprint density at radius 1 is 1.31 bits per heavy atom. The van der Waals surface area contributed by atoms with Crippen molar-refractivity contribution in [3.8, 4) is 0 Å². The Bertz CT molecular complexity index is 155. The molecule has 0 aliphatic heterocycles. The van der Waals surface area contributed by atoms with Crippen molar-refractivity contribution in [1.29, 1.82) is 0 Å². The fourth-order valence-corrected chi connectivity index (χ4v) is 1.14. The van der Waals surface area contributed by atoms with Crippen LogP contribution in [0.25, 0.3) is 0 Å². The second-order valence-corrected chi connectivity index (χ2v) is 3.58. The molecular formula is C10H17BrO2. The van der Waals surface area contributed by atoms with E-state index in [0.29, 0.717) is 6.61 Å². The van der Waals surface area contributed by atoms with Crippen LogP contribution < -0.4 is 0 Å². The van der Waals surface area contributed by atoms with E-state index in [0.717, 1.165) is 31.0 Å². The van der Waals surface area contributed by atoms with Gasteiger partial charge in [0.05, 0.1) is 6.61 Å². The normalized spacial score (nSPS) is 10.6. The molecule has 0 N–H and O–H groups in total. The van der Waals surface area contributed by atoms with Gasteiger partial charge in [0.25, 0.3) is 0 Å². The third-order valence-corrected chi connectivity index (χ3v) is 1.97. The summed E-state index contributed by atoms with van der Waals surface area (Å²) in [6.45, 7) is 2.00. The Kier molecular flexibility index (Phi) is 9.54. The van der Waals surface area contributed by atoms with Crippen LogP contribution in [0.15, 0.2) is 12.2 Å². The lowest BCUT2D eigenvalue weighted by Gasteiger charge is -1.99. The average Bonchev–Trinajstić information content (AvgIpc) is 2.09. The third-order valence-electron chi connectivity index (χ3n) is 1.51. The molecule has 0 spiro atoms. The van der Waals surface area contributed by atoms with Crippen molar-refractivity contribution >= 4 is 21.9 Å². The van der Waals surface area contributed by atoms with E-state index in [4.69, 9.17) is 4.74 Å². The van der Waals surface area contributed by atoms with E-state index in [2.05, 4.69) is 28.1 Å². The molecule has 0 unspecified atom stereocenters. The van der Waals surface area contributed by atoms with Crippen molar-refractivity contribution < 1.29 is 9.53 Å². The van der Waals surface area contributed by atoms with Crippen LogP contribution in [0.4, 0.5) is 0 Å². The van der Waals surface area contributed by atoms with Gasteiger partial charge >= 0.3 is 5.97 Å². The van der Waals surface area contributed by atoms with Crippen molar-refractivity contribution in [2.24, 2.45) is 0 Å². The summed E-state index contributed by atoms with van der Waals surface area (Å²) < 4.78 is 4.80. The van der Waals surface area contributed by atoms with Crippen LogP contribution in [-0.4, -0.2) is 17.9 Å². The number of halogens is 1. The van der Waals surface area contributed by atoms with Crippen molar-refractivity contribution in [2.45, 2.75) is 32.6 Å². The molecule has 0 saturated heterocycles. The molecular weight excluding hydrogens is 232 g/mol. The lowest BCUT2D eigenvalue weighted by atomic mass is 10.2. The van der Waals surface area contributed by atoms with E-state index in [1.807, 2.05) is 0 Å². The van der Waals surface area contributed by atoms with Crippen LogP contribution >= 0.6 is 15.9 Å². The highest BCUT2D eigenvalue weighted by Gasteiger charge is 1.91. The molecule has 0 aromatic rings. The van der Waals surface area contributed by atoms with Crippen LogP contribution in [0.3, 0.4) is 0 Å². The number of carbonyl (C=O) groups is 1. The Labute approximate surface area is 88.5 Å². The van der Waals surface area contributed by atoms with Gasteiger partial charge in [0.2, 0.25) is 0 Å². The summed E-state index contributed by atoms with van der Waals surface area (Å²) >= 11 is 3.35. The molecule has 0 atom stereocenters. The highest BCUT2D eigenvalue weighted by Crippen LogP contribution is 1.99. The fourth-order valence-electron chi connectivity index (χ4n) is 0.879. The van der Waals surface area contributed by atoms with Gasteiger partial charge in [-0.05, 0) is 25.7 Å². The number of alkyl halides is 1. The molecule has 76 valence electrons. The Morgan fingerprint density at radius 2 is 2.00 bits per heavy atom. The zero-order chi connectivity index (χ0) is 9.94. The van der Waals surface area contributed by atoms with E-state index < -0.39 is 0 Å². The summed E-state index contributed by atoms with van der Waals surface area (Å²) in [5.41, 5.74) is 0. The zero-order valence-corrected chi connectivity index (χ0v) is 9.68. The lowest BCUT2D eigenvalue weighted by Crippen LogP contribution is -1.99. The predicted octanol–water partition coefficient (Wildman–Crippen LogP) is 3.06. The molecule has 0 amide bonds. The molecule has 0 radical (unpaired) electrons. The average molecular weight is 249 g/mol. The van der Waals surface area contributed by atoms with Crippen LogP contribution in [0.5, 0.6) is 0 Å². The minimum absolute atomic E-state index is 0.185. The number of ether oxygens (including phenoxy) is 1. The third kappa shape index (κ3) is 11.7. The predicted molar refractivity (Wildman–Crippen MR) is 58.0 cm³/mol. The fraction of sp³-hybridized carbons (Fsp3) is 0.700. The summed E-state index contributed by atoms with van der Waals surface area (Å²) in [4.78, 5) is 10.4. The maximum Gasteiger partial charge on any atom is 0.302 e. The molecule has 0 heterocycles. The number of carbonyl (C=O) groups excluding carboxylic acids is 1. The van der Waals surface area contributed by atoms with Crippen molar-refractivity contribution in [1.82, 2.24) is 0 Å². The van der Waals surface area contributed by atoms with E-state index in [1.165, 1.54) is 6.92 Å². The lowest BCUT2D eigenvalue weighted by molar-refractivity contribution is -0.141. The van der Waals surface area contributed by atoms with E-state index in [1.54, 1.807) is 0 Å². The maximum absolute atomic E-state index is 10.4. The molecule has 0 aliphatic rings. The van der Waals surface area contributed by atoms with Gasteiger partial charge in [0, 0.05) is 12.3 Å². The summed E-state index contributed by atoms with van der Waals surface area (Å²) in [6.07, 6.45) is 8.55. The number of hydrogen-bond donors (Lipinski definition) is 0. The van der Waals surface area contributed by atoms with E-state index in [9.17, 15) is 4.79 Å². The first-order chi connectivity index (χ1) is 6.27. The number of hydrogen-bond acceptors (Lipinski definition) is 2. The largest absolute Gasteiger partial charge is 0.466 e. The van der Waals surface area contributed by atoms with Gasteiger partial charge in [0.15, 0.2) is 0 Å².